The Balaban J connectivity index is 2.00. The van der Waals surface area contributed by atoms with Crippen LogP contribution in [0.5, 0.6) is 0 Å². The van der Waals surface area contributed by atoms with Gasteiger partial charge in [-0.1, -0.05) is 36.4 Å². The van der Waals surface area contributed by atoms with Crippen LogP contribution in [0.4, 0.5) is 24.5 Å². The Morgan fingerprint density at radius 2 is 1.50 bits per heavy atom. The summed E-state index contributed by atoms with van der Waals surface area (Å²) >= 11 is 0. The third-order valence-electron chi connectivity index (χ3n) is 2.87. The van der Waals surface area contributed by atoms with Crippen molar-refractivity contribution >= 4 is 29.3 Å². The van der Waals surface area contributed by atoms with Crippen LogP contribution in [0.15, 0.2) is 60.7 Å². The lowest BCUT2D eigenvalue weighted by Crippen LogP contribution is -2.29. The van der Waals surface area contributed by atoms with Gasteiger partial charge in [0.1, 0.15) is 0 Å². The highest BCUT2D eigenvalue weighted by Gasteiger charge is 2.38. The van der Waals surface area contributed by atoms with Gasteiger partial charge in [0, 0.05) is 17.5 Å². The van der Waals surface area contributed by atoms with E-state index in [1.165, 1.54) is 30.3 Å². The summed E-state index contributed by atoms with van der Waals surface area (Å²) in [6.45, 7) is 0. The normalized spacial score (nSPS) is 11.3. The molecule has 124 valence electrons. The zero-order chi connectivity index (χ0) is 17.6. The van der Waals surface area contributed by atoms with Gasteiger partial charge in [0.15, 0.2) is 0 Å². The SMILES string of the molecule is O=C(/C=C/c1ccccc1)Nc1cccc(NC(=O)C(F)(F)F)c1. The first kappa shape index (κ1) is 17.3. The zero-order valence-corrected chi connectivity index (χ0v) is 12.3. The summed E-state index contributed by atoms with van der Waals surface area (Å²) in [6.07, 6.45) is -2.07. The van der Waals surface area contributed by atoms with Gasteiger partial charge in [0.05, 0.1) is 0 Å². The minimum atomic E-state index is -4.97. The molecule has 24 heavy (non-hydrogen) atoms. The number of rotatable bonds is 4. The van der Waals surface area contributed by atoms with Gasteiger partial charge in [0.25, 0.3) is 0 Å². The summed E-state index contributed by atoms with van der Waals surface area (Å²) in [4.78, 5) is 22.7. The Morgan fingerprint density at radius 1 is 0.875 bits per heavy atom. The van der Waals surface area contributed by atoms with Gasteiger partial charge in [-0.25, -0.2) is 0 Å². The second-order valence-electron chi connectivity index (χ2n) is 4.77. The number of hydrogen-bond donors (Lipinski definition) is 2. The van der Waals surface area contributed by atoms with Crippen LogP contribution in [-0.2, 0) is 9.59 Å². The molecule has 0 aliphatic carbocycles. The van der Waals surface area contributed by atoms with Crippen LogP contribution in [-0.4, -0.2) is 18.0 Å². The van der Waals surface area contributed by atoms with Gasteiger partial charge in [-0.2, -0.15) is 13.2 Å². The van der Waals surface area contributed by atoms with Crippen molar-refractivity contribution in [2.24, 2.45) is 0 Å². The third-order valence-corrected chi connectivity index (χ3v) is 2.87. The molecular weight excluding hydrogens is 321 g/mol. The van der Waals surface area contributed by atoms with Crippen molar-refractivity contribution in [3.05, 3.63) is 66.2 Å². The molecule has 0 spiro atoms. The number of alkyl halides is 3. The van der Waals surface area contributed by atoms with Crippen LogP contribution < -0.4 is 10.6 Å². The molecule has 2 aromatic carbocycles. The Morgan fingerprint density at radius 3 is 2.12 bits per heavy atom. The van der Waals surface area contributed by atoms with E-state index in [4.69, 9.17) is 0 Å². The van der Waals surface area contributed by atoms with E-state index in [9.17, 15) is 22.8 Å². The molecule has 2 aromatic rings. The summed E-state index contributed by atoms with van der Waals surface area (Å²) in [5.41, 5.74) is 1.03. The lowest BCUT2D eigenvalue weighted by molar-refractivity contribution is -0.167. The van der Waals surface area contributed by atoms with E-state index in [-0.39, 0.29) is 11.4 Å². The maximum absolute atomic E-state index is 12.2. The van der Waals surface area contributed by atoms with E-state index in [1.807, 2.05) is 30.3 Å². The van der Waals surface area contributed by atoms with Gasteiger partial charge in [-0.05, 0) is 29.8 Å². The summed E-state index contributed by atoms with van der Waals surface area (Å²) in [5.74, 6) is -2.52. The van der Waals surface area contributed by atoms with E-state index in [0.29, 0.717) is 0 Å². The molecule has 0 aromatic heterocycles. The average Bonchev–Trinajstić information content (AvgIpc) is 2.53. The number of anilines is 2. The highest BCUT2D eigenvalue weighted by molar-refractivity contribution is 6.02. The van der Waals surface area contributed by atoms with Crippen LogP contribution in [0.25, 0.3) is 6.08 Å². The molecule has 0 fully saturated rings. The molecule has 0 radical (unpaired) electrons. The Labute approximate surface area is 136 Å². The van der Waals surface area contributed by atoms with Crippen molar-refractivity contribution < 1.29 is 22.8 Å². The van der Waals surface area contributed by atoms with Gasteiger partial charge in [0.2, 0.25) is 5.91 Å². The van der Waals surface area contributed by atoms with E-state index in [1.54, 1.807) is 11.4 Å². The van der Waals surface area contributed by atoms with E-state index in [2.05, 4.69) is 5.32 Å². The standard InChI is InChI=1S/C17H13F3N2O2/c18-17(19,20)16(24)22-14-8-4-7-13(11-14)21-15(23)10-9-12-5-2-1-3-6-12/h1-11H,(H,21,23)(H,22,24)/b10-9+. The van der Waals surface area contributed by atoms with Crippen molar-refractivity contribution in [2.45, 2.75) is 6.18 Å². The molecule has 0 unspecified atom stereocenters. The number of carbonyl (C=O) groups excluding carboxylic acids is 2. The maximum Gasteiger partial charge on any atom is 0.471 e. The smallest absolute Gasteiger partial charge is 0.322 e. The number of amides is 2. The van der Waals surface area contributed by atoms with Crippen molar-refractivity contribution in [1.29, 1.82) is 0 Å². The van der Waals surface area contributed by atoms with Crippen molar-refractivity contribution in [3.63, 3.8) is 0 Å². The van der Waals surface area contributed by atoms with E-state index in [0.717, 1.165) is 5.56 Å². The fraction of sp³-hybridized carbons (Fsp3) is 0.0588. The minimum absolute atomic E-state index is 0.0674. The number of benzene rings is 2. The Kier molecular flexibility index (Phi) is 5.36. The molecule has 4 nitrogen and oxygen atoms in total. The third kappa shape index (κ3) is 5.28. The van der Waals surface area contributed by atoms with Crippen LogP contribution in [0.3, 0.4) is 0 Å². The molecule has 7 heteroatoms. The topological polar surface area (TPSA) is 58.2 Å². The summed E-state index contributed by atoms with van der Waals surface area (Å²) in [5, 5.41) is 4.23. The van der Waals surface area contributed by atoms with E-state index >= 15 is 0 Å². The van der Waals surface area contributed by atoms with Crippen molar-refractivity contribution in [2.75, 3.05) is 10.6 Å². The Bertz CT molecular complexity index is 756. The summed E-state index contributed by atoms with van der Waals surface area (Å²) < 4.78 is 36.6. The fourth-order valence-corrected chi connectivity index (χ4v) is 1.80. The van der Waals surface area contributed by atoms with Gasteiger partial charge in [-0.15, -0.1) is 0 Å². The van der Waals surface area contributed by atoms with Gasteiger partial charge >= 0.3 is 12.1 Å². The highest BCUT2D eigenvalue weighted by Crippen LogP contribution is 2.20. The Hall–Kier alpha value is -3.09. The molecular formula is C17H13F3N2O2. The molecule has 0 heterocycles. The van der Waals surface area contributed by atoms with Gasteiger partial charge in [-0.3, -0.25) is 9.59 Å². The predicted molar refractivity (Wildman–Crippen MR) is 85.2 cm³/mol. The maximum atomic E-state index is 12.2. The predicted octanol–water partition coefficient (Wildman–Crippen LogP) is 3.84. The molecule has 2 amide bonds. The van der Waals surface area contributed by atoms with Crippen LogP contribution in [0.1, 0.15) is 5.56 Å². The first-order valence-electron chi connectivity index (χ1n) is 6.87. The van der Waals surface area contributed by atoms with Gasteiger partial charge < -0.3 is 10.6 Å². The summed E-state index contributed by atoms with van der Waals surface area (Å²) in [6, 6.07) is 14.6. The highest BCUT2D eigenvalue weighted by atomic mass is 19.4. The number of nitrogens with one attached hydrogen (secondary N) is 2. The first-order valence-corrected chi connectivity index (χ1v) is 6.87. The van der Waals surface area contributed by atoms with E-state index < -0.39 is 18.0 Å². The first-order chi connectivity index (χ1) is 11.3. The minimum Gasteiger partial charge on any atom is -0.322 e. The molecule has 0 aliphatic rings. The molecule has 0 bridgehead atoms. The second-order valence-corrected chi connectivity index (χ2v) is 4.77. The molecule has 0 saturated heterocycles. The second kappa shape index (κ2) is 7.45. The monoisotopic (exact) mass is 334 g/mol. The van der Waals surface area contributed by atoms with Crippen molar-refractivity contribution in [1.82, 2.24) is 0 Å². The molecule has 2 N–H and O–H groups in total. The number of carbonyl (C=O) groups is 2. The van der Waals surface area contributed by atoms with Crippen LogP contribution in [0.2, 0.25) is 0 Å². The lowest BCUT2D eigenvalue weighted by atomic mass is 10.2. The average molecular weight is 334 g/mol. The zero-order valence-electron chi connectivity index (χ0n) is 12.3. The lowest BCUT2D eigenvalue weighted by Gasteiger charge is -2.09. The van der Waals surface area contributed by atoms with Crippen LogP contribution >= 0.6 is 0 Å². The fourth-order valence-electron chi connectivity index (χ4n) is 1.80. The summed E-state index contributed by atoms with van der Waals surface area (Å²) in [7, 11) is 0. The quantitative estimate of drug-likeness (QED) is 0.835. The number of halogens is 3. The molecule has 0 aliphatic heterocycles. The van der Waals surface area contributed by atoms with Crippen LogP contribution in [0, 0.1) is 0 Å². The number of hydrogen-bond acceptors (Lipinski definition) is 2. The molecule has 0 atom stereocenters. The largest absolute Gasteiger partial charge is 0.471 e. The van der Waals surface area contributed by atoms with Crippen molar-refractivity contribution in [3.8, 4) is 0 Å². The molecule has 2 rings (SSSR count). The molecule has 0 saturated carbocycles.